The summed E-state index contributed by atoms with van der Waals surface area (Å²) in [7, 11) is 0. The molecule has 0 saturated carbocycles. The predicted octanol–water partition coefficient (Wildman–Crippen LogP) is 3.03. The van der Waals surface area contributed by atoms with Gasteiger partial charge in [0.25, 0.3) is 0 Å². The first-order chi connectivity index (χ1) is 5.61. The lowest BCUT2D eigenvalue weighted by Crippen LogP contribution is -1.99. The summed E-state index contributed by atoms with van der Waals surface area (Å²) in [6.07, 6.45) is 0.551. The topological polar surface area (TPSA) is 17.1 Å². The molecule has 0 amide bonds. The fourth-order valence-electron chi connectivity index (χ4n) is 0.953. The van der Waals surface area contributed by atoms with E-state index < -0.39 is 0 Å². The maximum Gasteiger partial charge on any atom is 0.134 e. The van der Waals surface area contributed by atoms with E-state index in [1.807, 2.05) is 18.2 Å². The molecule has 0 aliphatic rings. The normalized spacial score (nSPS) is 9.92. The number of carbonyl (C=O) groups is 1. The Hall–Kier alpha value is 0.350. The smallest absolute Gasteiger partial charge is 0.134 e. The van der Waals surface area contributed by atoms with Gasteiger partial charge in [-0.1, -0.05) is 12.1 Å². The number of rotatable bonds is 2. The van der Waals surface area contributed by atoms with E-state index in [0.29, 0.717) is 6.42 Å². The molecule has 64 valence electrons. The first kappa shape index (κ1) is 10.4. The van der Waals surface area contributed by atoms with E-state index in [4.69, 9.17) is 0 Å². The zero-order valence-corrected chi connectivity index (χ0v) is 10.9. The minimum atomic E-state index is 0.218. The Balaban J connectivity index is 3.00. The third-order valence-corrected chi connectivity index (χ3v) is 4.68. The van der Waals surface area contributed by atoms with Crippen LogP contribution in [0.1, 0.15) is 12.5 Å². The maximum atomic E-state index is 10.9. The molecule has 0 heterocycles. The summed E-state index contributed by atoms with van der Waals surface area (Å²) in [5.74, 6) is 0.218. The lowest BCUT2D eigenvalue weighted by Gasteiger charge is -2.02. The molecule has 1 nitrogen and oxygen atoms in total. The summed E-state index contributed by atoms with van der Waals surface area (Å²) < 4.78 is 2.41. The summed E-state index contributed by atoms with van der Waals surface area (Å²) in [6, 6.07) is 6.04. The molecule has 1 aromatic carbocycles. The second kappa shape index (κ2) is 4.55. The van der Waals surface area contributed by atoms with Crippen LogP contribution in [0.5, 0.6) is 0 Å². The van der Waals surface area contributed by atoms with E-state index >= 15 is 0 Å². The molecule has 0 atom stereocenters. The number of Topliss-reactive ketones (excluding diaryl/α,β-unsaturated/α-hetero) is 1. The summed E-state index contributed by atoms with van der Waals surface area (Å²) >= 11 is 4.56. The minimum Gasteiger partial charge on any atom is -0.300 e. The van der Waals surface area contributed by atoms with Gasteiger partial charge in [-0.15, -0.1) is 0 Å². The third-order valence-electron chi connectivity index (χ3n) is 1.47. The second-order valence-corrected chi connectivity index (χ2v) is 4.83. The van der Waals surface area contributed by atoms with Crippen molar-refractivity contribution in [3.8, 4) is 0 Å². The van der Waals surface area contributed by atoms with Gasteiger partial charge >= 0.3 is 0 Å². The number of carbonyl (C=O) groups excluding carboxylic acids is 1. The van der Waals surface area contributed by atoms with Crippen molar-refractivity contribution in [1.29, 1.82) is 0 Å². The molecule has 12 heavy (non-hydrogen) atoms. The second-order valence-electron chi connectivity index (χ2n) is 2.59. The van der Waals surface area contributed by atoms with Crippen molar-refractivity contribution in [1.82, 2.24) is 0 Å². The molecular formula is C9H8I2O. The predicted molar refractivity (Wildman–Crippen MR) is 66.3 cm³/mol. The third kappa shape index (κ3) is 2.69. The molecule has 0 fully saturated rings. The SMILES string of the molecule is CC(=O)Cc1cccc(I)c1I. The minimum absolute atomic E-state index is 0.218. The summed E-state index contributed by atoms with van der Waals surface area (Å²) in [4.78, 5) is 10.9. The number of benzene rings is 1. The standard InChI is InChI=1S/C9H8I2O/c1-6(12)5-7-3-2-4-8(10)9(7)11/h2-4H,5H2,1H3. The van der Waals surface area contributed by atoms with Crippen LogP contribution in [0.15, 0.2) is 18.2 Å². The van der Waals surface area contributed by atoms with Crippen LogP contribution in [0.4, 0.5) is 0 Å². The number of halogens is 2. The van der Waals surface area contributed by atoms with Crippen LogP contribution in [0.3, 0.4) is 0 Å². The highest BCUT2D eigenvalue weighted by Crippen LogP contribution is 2.19. The highest BCUT2D eigenvalue weighted by Gasteiger charge is 2.04. The van der Waals surface area contributed by atoms with Crippen molar-refractivity contribution in [2.24, 2.45) is 0 Å². The first-order valence-corrected chi connectivity index (χ1v) is 5.69. The number of hydrogen-bond donors (Lipinski definition) is 0. The van der Waals surface area contributed by atoms with Crippen LogP contribution in [0.2, 0.25) is 0 Å². The molecule has 0 aliphatic heterocycles. The van der Waals surface area contributed by atoms with E-state index in [0.717, 1.165) is 5.56 Å². The Morgan fingerprint density at radius 2 is 2.08 bits per heavy atom. The van der Waals surface area contributed by atoms with Gasteiger partial charge in [0, 0.05) is 13.6 Å². The fourth-order valence-corrected chi connectivity index (χ4v) is 2.06. The van der Waals surface area contributed by atoms with Gasteiger partial charge in [0.15, 0.2) is 0 Å². The Morgan fingerprint density at radius 1 is 1.42 bits per heavy atom. The van der Waals surface area contributed by atoms with Crippen molar-refractivity contribution in [3.05, 3.63) is 30.9 Å². The van der Waals surface area contributed by atoms with E-state index in [2.05, 4.69) is 45.2 Å². The van der Waals surface area contributed by atoms with E-state index in [9.17, 15) is 4.79 Å². The molecule has 3 heteroatoms. The van der Waals surface area contributed by atoms with Crippen molar-refractivity contribution in [3.63, 3.8) is 0 Å². The van der Waals surface area contributed by atoms with Crippen molar-refractivity contribution >= 4 is 51.0 Å². The van der Waals surface area contributed by atoms with Gasteiger partial charge in [-0.3, -0.25) is 4.79 Å². The molecule has 0 spiro atoms. The lowest BCUT2D eigenvalue weighted by molar-refractivity contribution is -0.116. The monoisotopic (exact) mass is 386 g/mol. The Kier molecular flexibility index (Phi) is 3.95. The Morgan fingerprint density at radius 3 is 2.67 bits per heavy atom. The first-order valence-electron chi connectivity index (χ1n) is 3.53. The summed E-state index contributed by atoms with van der Waals surface area (Å²) in [6.45, 7) is 1.62. The molecule has 0 saturated heterocycles. The largest absolute Gasteiger partial charge is 0.300 e. The van der Waals surface area contributed by atoms with Gasteiger partial charge in [-0.05, 0) is 63.7 Å². The zero-order valence-electron chi connectivity index (χ0n) is 6.60. The van der Waals surface area contributed by atoms with E-state index in [-0.39, 0.29) is 5.78 Å². The van der Waals surface area contributed by atoms with Crippen LogP contribution in [-0.2, 0) is 11.2 Å². The summed E-state index contributed by atoms with van der Waals surface area (Å²) in [5.41, 5.74) is 1.13. The lowest BCUT2D eigenvalue weighted by atomic mass is 10.1. The fraction of sp³-hybridized carbons (Fsp3) is 0.222. The molecule has 0 unspecified atom stereocenters. The van der Waals surface area contributed by atoms with Gasteiger partial charge in [-0.25, -0.2) is 0 Å². The van der Waals surface area contributed by atoms with Crippen LogP contribution >= 0.6 is 45.2 Å². The van der Waals surface area contributed by atoms with Crippen LogP contribution in [0, 0.1) is 7.14 Å². The van der Waals surface area contributed by atoms with Crippen molar-refractivity contribution < 1.29 is 4.79 Å². The molecule has 1 rings (SSSR count). The van der Waals surface area contributed by atoms with Crippen molar-refractivity contribution in [2.75, 3.05) is 0 Å². The molecule has 0 radical (unpaired) electrons. The van der Waals surface area contributed by atoms with Gasteiger partial charge in [0.05, 0.1) is 0 Å². The van der Waals surface area contributed by atoms with Crippen LogP contribution < -0.4 is 0 Å². The number of hydrogen-bond acceptors (Lipinski definition) is 1. The Bertz CT molecular complexity index is 307. The van der Waals surface area contributed by atoms with Gasteiger partial charge in [0.1, 0.15) is 5.78 Å². The van der Waals surface area contributed by atoms with E-state index in [1.165, 1.54) is 7.14 Å². The molecule has 0 aliphatic carbocycles. The average Bonchev–Trinajstić information content (AvgIpc) is 1.98. The van der Waals surface area contributed by atoms with E-state index in [1.54, 1.807) is 6.92 Å². The molecular weight excluding hydrogens is 378 g/mol. The van der Waals surface area contributed by atoms with Crippen LogP contribution in [0.25, 0.3) is 0 Å². The van der Waals surface area contributed by atoms with Gasteiger partial charge in [0.2, 0.25) is 0 Å². The summed E-state index contributed by atoms with van der Waals surface area (Å²) in [5, 5.41) is 0. The zero-order chi connectivity index (χ0) is 9.14. The number of ketones is 1. The highest BCUT2D eigenvalue weighted by molar-refractivity contribution is 14.1. The highest BCUT2D eigenvalue weighted by atomic mass is 127. The van der Waals surface area contributed by atoms with Gasteiger partial charge in [-0.2, -0.15) is 0 Å². The maximum absolute atomic E-state index is 10.9. The van der Waals surface area contributed by atoms with Crippen LogP contribution in [-0.4, -0.2) is 5.78 Å². The Labute approximate surface area is 99.2 Å². The molecule has 0 bridgehead atoms. The molecule has 0 N–H and O–H groups in total. The molecule has 0 aromatic heterocycles. The quantitative estimate of drug-likeness (QED) is 0.715. The molecule has 1 aromatic rings. The van der Waals surface area contributed by atoms with Crippen molar-refractivity contribution in [2.45, 2.75) is 13.3 Å². The van der Waals surface area contributed by atoms with Gasteiger partial charge < -0.3 is 0 Å². The average molecular weight is 386 g/mol.